The van der Waals surface area contributed by atoms with Gasteiger partial charge in [-0.05, 0) is 61.1 Å². The Labute approximate surface area is 170 Å². The number of benzene rings is 1. The van der Waals surface area contributed by atoms with Gasteiger partial charge in [-0.1, -0.05) is 0 Å². The van der Waals surface area contributed by atoms with E-state index in [-0.39, 0.29) is 17.7 Å². The van der Waals surface area contributed by atoms with Crippen molar-refractivity contribution >= 4 is 0 Å². The summed E-state index contributed by atoms with van der Waals surface area (Å²) in [6.45, 7) is 2.44. The number of hydrogen-bond acceptors (Lipinski definition) is 7. The van der Waals surface area contributed by atoms with E-state index in [1.54, 1.807) is 13.2 Å². The quantitative estimate of drug-likeness (QED) is 0.739. The number of rotatable bonds is 7. The summed E-state index contributed by atoms with van der Waals surface area (Å²) in [4.78, 5) is 6.49. The Morgan fingerprint density at radius 2 is 1.66 bits per heavy atom. The van der Waals surface area contributed by atoms with E-state index in [4.69, 9.17) is 14.2 Å². The monoisotopic (exact) mass is 400 g/mol. The lowest BCUT2D eigenvalue weighted by Gasteiger charge is -2.22. The van der Waals surface area contributed by atoms with Crippen molar-refractivity contribution in [2.45, 2.75) is 25.0 Å². The second-order valence-corrected chi connectivity index (χ2v) is 7.91. The number of ether oxygens (including phenoxy) is 3. The molecular formula is C22H28N2O5. The minimum atomic E-state index is -0.713. The van der Waals surface area contributed by atoms with E-state index in [0.717, 1.165) is 37.4 Å². The first-order chi connectivity index (χ1) is 14.1. The molecule has 4 rings (SSSR count). The number of aromatic hydroxyl groups is 1. The molecule has 1 saturated carbocycles. The number of fused-ring (bicyclic) bond motifs is 1. The molecule has 2 aliphatic rings. The van der Waals surface area contributed by atoms with Crippen LogP contribution in [0.4, 0.5) is 0 Å². The van der Waals surface area contributed by atoms with E-state index in [9.17, 15) is 10.2 Å². The van der Waals surface area contributed by atoms with Gasteiger partial charge >= 0.3 is 0 Å². The fourth-order valence-corrected chi connectivity index (χ4v) is 4.55. The van der Waals surface area contributed by atoms with Gasteiger partial charge in [0.25, 0.3) is 5.88 Å². The highest BCUT2D eigenvalue weighted by molar-refractivity contribution is 5.34. The molecule has 2 fully saturated rings. The Morgan fingerprint density at radius 3 is 2.28 bits per heavy atom. The highest BCUT2D eigenvalue weighted by Gasteiger charge is 2.42. The number of nitrogens with zero attached hydrogens (tertiary/aromatic N) is 2. The summed E-state index contributed by atoms with van der Waals surface area (Å²) in [5.74, 6) is 3.01. The fourth-order valence-electron chi connectivity index (χ4n) is 4.55. The van der Waals surface area contributed by atoms with E-state index in [1.165, 1.54) is 13.2 Å². The van der Waals surface area contributed by atoms with Gasteiger partial charge in [0.2, 0.25) is 0 Å². The van der Waals surface area contributed by atoms with Crippen LogP contribution in [0.1, 0.15) is 24.6 Å². The second-order valence-electron chi connectivity index (χ2n) is 7.91. The van der Waals surface area contributed by atoms with Gasteiger partial charge in [-0.3, -0.25) is 4.90 Å². The van der Waals surface area contributed by atoms with E-state index < -0.39 is 6.10 Å². The molecule has 2 N–H and O–H groups in total. The van der Waals surface area contributed by atoms with Crippen LogP contribution in [-0.2, 0) is 0 Å². The van der Waals surface area contributed by atoms with E-state index >= 15 is 0 Å². The van der Waals surface area contributed by atoms with Gasteiger partial charge in [-0.15, -0.1) is 0 Å². The number of methoxy groups -OCH3 is 2. The molecule has 0 bridgehead atoms. The first-order valence-electron chi connectivity index (χ1n) is 10.0. The summed E-state index contributed by atoms with van der Waals surface area (Å²) in [5.41, 5.74) is 0.512. The third-order valence-electron chi connectivity index (χ3n) is 5.97. The first kappa shape index (κ1) is 19.8. The summed E-state index contributed by atoms with van der Waals surface area (Å²) in [6.07, 6.45) is 1.60. The zero-order valence-electron chi connectivity index (χ0n) is 16.8. The van der Waals surface area contributed by atoms with Gasteiger partial charge < -0.3 is 24.4 Å². The van der Waals surface area contributed by atoms with Crippen LogP contribution in [0.5, 0.6) is 23.1 Å². The van der Waals surface area contributed by atoms with E-state index in [0.29, 0.717) is 24.1 Å². The molecule has 1 aromatic carbocycles. The molecule has 0 radical (unpaired) electrons. The molecule has 1 unspecified atom stereocenters. The van der Waals surface area contributed by atoms with Crippen LogP contribution in [0, 0.1) is 11.8 Å². The van der Waals surface area contributed by atoms with Crippen molar-refractivity contribution in [1.82, 2.24) is 9.88 Å². The Kier molecular flexibility index (Phi) is 5.78. The molecule has 0 spiro atoms. The second kappa shape index (κ2) is 8.47. The normalized spacial score (nSPS) is 24.9. The molecule has 1 aromatic heterocycles. The van der Waals surface area contributed by atoms with Crippen LogP contribution in [0.2, 0.25) is 0 Å². The van der Waals surface area contributed by atoms with Crippen LogP contribution in [-0.4, -0.2) is 60.1 Å². The van der Waals surface area contributed by atoms with Gasteiger partial charge in [-0.2, -0.15) is 0 Å². The zero-order valence-corrected chi connectivity index (χ0v) is 16.8. The Morgan fingerprint density at radius 1 is 1.00 bits per heavy atom. The number of likely N-dealkylation sites (tertiary alicyclic amines) is 1. The molecular weight excluding hydrogens is 372 g/mol. The van der Waals surface area contributed by atoms with Gasteiger partial charge in [0.15, 0.2) is 5.75 Å². The smallest absolute Gasteiger partial charge is 0.256 e. The average molecular weight is 400 g/mol. The number of pyridine rings is 1. The Hall–Kier alpha value is -2.51. The molecule has 29 heavy (non-hydrogen) atoms. The molecule has 2 aromatic rings. The Balaban J connectivity index is 1.28. The topological polar surface area (TPSA) is 84.3 Å². The molecule has 2 heterocycles. The lowest BCUT2D eigenvalue weighted by Crippen LogP contribution is -2.29. The van der Waals surface area contributed by atoms with Gasteiger partial charge in [0.1, 0.15) is 17.6 Å². The van der Waals surface area contributed by atoms with Gasteiger partial charge in [0, 0.05) is 19.6 Å². The summed E-state index contributed by atoms with van der Waals surface area (Å²) >= 11 is 0. The minimum Gasteiger partial charge on any atom is -0.503 e. The first-order valence-corrected chi connectivity index (χ1v) is 10.0. The lowest BCUT2D eigenvalue weighted by molar-refractivity contribution is 0.112. The molecule has 7 heteroatoms. The van der Waals surface area contributed by atoms with Gasteiger partial charge in [-0.25, -0.2) is 4.98 Å². The predicted octanol–water partition coefficient (Wildman–Crippen LogP) is 2.63. The number of hydrogen-bond donors (Lipinski definition) is 2. The molecule has 156 valence electrons. The molecule has 7 nitrogen and oxygen atoms in total. The van der Waals surface area contributed by atoms with Crippen molar-refractivity contribution < 1.29 is 24.4 Å². The van der Waals surface area contributed by atoms with Crippen molar-refractivity contribution in [3.05, 3.63) is 42.1 Å². The number of aromatic nitrogens is 1. The minimum absolute atomic E-state index is 0.0259. The molecule has 1 saturated heterocycles. The summed E-state index contributed by atoms with van der Waals surface area (Å²) < 4.78 is 16.4. The zero-order chi connectivity index (χ0) is 20.4. The number of β-amino-alcohol motifs (C(OH)–C–C–N with tert-alkyl or cyclic N) is 1. The largest absolute Gasteiger partial charge is 0.503 e. The summed E-state index contributed by atoms with van der Waals surface area (Å²) in [7, 11) is 3.11. The highest BCUT2D eigenvalue weighted by atomic mass is 16.5. The van der Waals surface area contributed by atoms with Crippen LogP contribution >= 0.6 is 0 Å². The maximum Gasteiger partial charge on any atom is 0.256 e. The van der Waals surface area contributed by atoms with Crippen molar-refractivity contribution in [3.8, 4) is 23.1 Å². The van der Waals surface area contributed by atoms with Crippen molar-refractivity contribution in [3.63, 3.8) is 0 Å². The molecule has 1 aliphatic heterocycles. The maximum absolute atomic E-state index is 10.6. The number of aliphatic hydroxyl groups is 1. The van der Waals surface area contributed by atoms with Gasteiger partial charge in [0.05, 0.1) is 26.0 Å². The predicted molar refractivity (Wildman–Crippen MR) is 107 cm³/mol. The fraction of sp³-hybridized carbons (Fsp3) is 0.500. The van der Waals surface area contributed by atoms with Crippen molar-refractivity contribution in [2.24, 2.45) is 11.8 Å². The summed E-state index contributed by atoms with van der Waals surface area (Å²) in [5, 5.41) is 20.2. The van der Waals surface area contributed by atoms with Crippen molar-refractivity contribution in [1.29, 1.82) is 0 Å². The standard InChI is InChI=1S/C22H28N2O5/c1-27-16-3-5-17(6-4-16)29-18-9-14-11-24(12-15(14)10-18)13-21(26)19-7-8-20(25)22(23-19)28-2/h3-8,14-15,18,21,25-26H,9-13H2,1-2H3/t14-,15+,18?,21-/m0/s1. The van der Waals surface area contributed by atoms with Crippen LogP contribution in [0.15, 0.2) is 36.4 Å². The maximum atomic E-state index is 10.6. The van der Waals surface area contributed by atoms with Crippen LogP contribution < -0.4 is 14.2 Å². The van der Waals surface area contributed by atoms with Crippen molar-refractivity contribution in [2.75, 3.05) is 33.9 Å². The van der Waals surface area contributed by atoms with E-state index in [1.807, 2.05) is 24.3 Å². The highest BCUT2D eigenvalue weighted by Crippen LogP contribution is 2.40. The SMILES string of the molecule is COc1ccc(OC2C[C@@H]3CN(C[C@H](O)c4ccc(O)c(OC)n4)C[C@@H]3C2)cc1. The third-order valence-corrected chi connectivity index (χ3v) is 5.97. The third kappa shape index (κ3) is 4.41. The molecule has 1 aliphatic carbocycles. The summed E-state index contributed by atoms with van der Waals surface area (Å²) in [6, 6.07) is 10.9. The van der Waals surface area contributed by atoms with Crippen LogP contribution in [0.3, 0.4) is 0 Å². The molecule has 4 atom stereocenters. The molecule has 0 amide bonds. The Bertz CT molecular complexity index is 814. The lowest BCUT2D eigenvalue weighted by atomic mass is 10.0. The van der Waals surface area contributed by atoms with E-state index in [2.05, 4.69) is 9.88 Å². The number of aliphatic hydroxyl groups excluding tert-OH is 1. The van der Waals surface area contributed by atoms with Crippen LogP contribution in [0.25, 0.3) is 0 Å². The average Bonchev–Trinajstić information content (AvgIpc) is 3.26.